The summed E-state index contributed by atoms with van der Waals surface area (Å²) in [6.45, 7) is 0. The quantitative estimate of drug-likeness (QED) is 0.304. The molecule has 0 saturated carbocycles. The molecule has 4 aromatic rings. The maximum absolute atomic E-state index is 13.0. The average molecular weight is 451 g/mol. The third-order valence-corrected chi connectivity index (χ3v) is 8.53. The SMILES string of the molecule is O=C(c1ccccc1)c1ccc2c(c1)C=C(c1ccccc1)C1(O2)Sc2ccccc2S1. The Labute approximate surface area is 195 Å². The molecule has 0 saturated heterocycles. The lowest BCUT2D eigenvalue weighted by molar-refractivity contribution is 0.103. The number of hydrogen-bond acceptors (Lipinski definition) is 4. The summed E-state index contributed by atoms with van der Waals surface area (Å²) < 4.78 is 6.12. The van der Waals surface area contributed by atoms with E-state index in [1.54, 1.807) is 23.5 Å². The molecule has 4 heteroatoms. The topological polar surface area (TPSA) is 26.3 Å². The second-order valence-corrected chi connectivity index (χ2v) is 10.4. The highest BCUT2D eigenvalue weighted by Crippen LogP contribution is 2.63. The average Bonchev–Trinajstić information content (AvgIpc) is 3.22. The summed E-state index contributed by atoms with van der Waals surface area (Å²) in [7, 11) is 0. The molecule has 0 aliphatic carbocycles. The minimum absolute atomic E-state index is 0.0142. The van der Waals surface area contributed by atoms with Gasteiger partial charge in [0.15, 0.2) is 5.78 Å². The molecular formula is C28H18O2S2. The summed E-state index contributed by atoms with van der Waals surface area (Å²) >= 11 is 3.48. The Balaban J connectivity index is 1.46. The summed E-state index contributed by atoms with van der Waals surface area (Å²) in [6.07, 6.45) is 2.18. The molecule has 0 aromatic heterocycles. The van der Waals surface area contributed by atoms with Crippen LogP contribution in [0.1, 0.15) is 27.0 Å². The first-order valence-electron chi connectivity index (χ1n) is 10.4. The van der Waals surface area contributed by atoms with Crippen molar-refractivity contribution in [3.8, 4) is 5.75 Å². The van der Waals surface area contributed by atoms with Crippen LogP contribution >= 0.6 is 23.5 Å². The Bertz CT molecular complexity index is 1340. The first kappa shape index (κ1) is 19.5. The molecule has 32 heavy (non-hydrogen) atoms. The Hall–Kier alpha value is -3.21. The van der Waals surface area contributed by atoms with E-state index in [0.29, 0.717) is 11.1 Å². The van der Waals surface area contributed by atoms with Gasteiger partial charge in [-0.15, -0.1) is 0 Å². The lowest BCUT2D eigenvalue weighted by atomic mass is 9.96. The van der Waals surface area contributed by atoms with E-state index in [4.69, 9.17) is 4.74 Å². The number of hydrogen-bond donors (Lipinski definition) is 0. The van der Waals surface area contributed by atoms with Gasteiger partial charge < -0.3 is 4.74 Å². The van der Waals surface area contributed by atoms with Gasteiger partial charge in [0.1, 0.15) is 5.75 Å². The number of thioether (sulfide) groups is 2. The largest absolute Gasteiger partial charge is 0.462 e. The van der Waals surface area contributed by atoms with Gasteiger partial charge in [-0.1, -0.05) is 96.3 Å². The van der Waals surface area contributed by atoms with Gasteiger partial charge in [-0.3, -0.25) is 4.79 Å². The first-order chi connectivity index (χ1) is 15.7. The zero-order chi connectivity index (χ0) is 21.5. The Morgan fingerprint density at radius 1 is 0.688 bits per heavy atom. The van der Waals surface area contributed by atoms with E-state index in [-0.39, 0.29) is 5.78 Å². The maximum Gasteiger partial charge on any atom is 0.237 e. The zero-order valence-electron chi connectivity index (χ0n) is 17.0. The van der Waals surface area contributed by atoms with E-state index in [1.165, 1.54) is 9.79 Å². The van der Waals surface area contributed by atoms with Crippen LogP contribution in [-0.4, -0.2) is 10.0 Å². The van der Waals surface area contributed by atoms with Crippen LogP contribution in [0.25, 0.3) is 11.6 Å². The van der Waals surface area contributed by atoms with Gasteiger partial charge in [0.25, 0.3) is 0 Å². The molecule has 2 aliphatic heterocycles. The highest BCUT2D eigenvalue weighted by molar-refractivity contribution is 8.21. The highest BCUT2D eigenvalue weighted by Gasteiger charge is 2.47. The molecule has 2 heterocycles. The van der Waals surface area contributed by atoms with Gasteiger partial charge in [0.2, 0.25) is 4.27 Å². The molecular weight excluding hydrogens is 432 g/mol. The van der Waals surface area contributed by atoms with Gasteiger partial charge >= 0.3 is 0 Å². The molecule has 0 bridgehead atoms. The van der Waals surface area contributed by atoms with Gasteiger partial charge in [0.05, 0.1) is 0 Å². The van der Waals surface area contributed by atoms with Crippen LogP contribution in [0.15, 0.2) is 113 Å². The molecule has 0 N–H and O–H groups in total. The number of rotatable bonds is 3. The number of benzene rings is 4. The van der Waals surface area contributed by atoms with Crippen LogP contribution in [-0.2, 0) is 0 Å². The van der Waals surface area contributed by atoms with Crippen LogP contribution in [0.4, 0.5) is 0 Å². The van der Waals surface area contributed by atoms with E-state index in [2.05, 4.69) is 42.5 Å². The summed E-state index contributed by atoms with van der Waals surface area (Å²) in [6, 6.07) is 33.9. The molecule has 0 fully saturated rings. The Morgan fingerprint density at radius 3 is 2.00 bits per heavy atom. The van der Waals surface area contributed by atoms with Crippen molar-refractivity contribution in [2.45, 2.75) is 14.1 Å². The highest BCUT2D eigenvalue weighted by atomic mass is 32.2. The van der Waals surface area contributed by atoms with Crippen molar-refractivity contribution in [3.63, 3.8) is 0 Å². The minimum atomic E-state index is -0.594. The van der Waals surface area contributed by atoms with Crippen LogP contribution in [0.5, 0.6) is 5.75 Å². The maximum atomic E-state index is 13.0. The van der Waals surface area contributed by atoms with E-state index < -0.39 is 4.27 Å². The standard InChI is InChI=1S/C28H18O2S2/c29-27(20-11-5-2-6-12-20)21-15-16-24-22(17-21)18-23(19-9-3-1-4-10-19)28(30-24)31-25-13-7-8-14-26(25)32-28/h1-18H. The minimum Gasteiger partial charge on any atom is -0.462 e. The molecule has 154 valence electrons. The van der Waals surface area contributed by atoms with E-state index in [0.717, 1.165) is 22.4 Å². The molecule has 2 nitrogen and oxygen atoms in total. The summed E-state index contributed by atoms with van der Waals surface area (Å²) in [5.74, 6) is 0.808. The van der Waals surface area contributed by atoms with Crippen LogP contribution < -0.4 is 4.74 Å². The Morgan fingerprint density at radius 2 is 1.31 bits per heavy atom. The molecule has 2 aliphatic rings. The predicted octanol–water partition coefficient (Wildman–Crippen LogP) is 7.40. The fourth-order valence-corrected chi connectivity index (χ4v) is 7.06. The monoisotopic (exact) mass is 450 g/mol. The summed E-state index contributed by atoms with van der Waals surface area (Å²) in [5, 5.41) is 0. The van der Waals surface area contributed by atoms with E-state index in [9.17, 15) is 4.79 Å². The van der Waals surface area contributed by atoms with Crippen molar-refractivity contribution in [1.29, 1.82) is 0 Å². The number of carbonyl (C=O) groups is 1. The third-order valence-electron chi connectivity index (χ3n) is 5.60. The van der Waals surface area contributed by atoms with Crippen LogP contribution in [0.3, 0.4) is 0 Å². The van der Waals surface area contributed by atoms with Gasteiger partial charge in [-0.05, 0) is 42.0 Å². The van der Waals surface area contributed by atoms with E-state index >= 15 is 0 Å². The smallest absolute Gasteiger partial charge is 0.237 e. The molecule has 6 rings (SSSR count). The number of fused-ring (bicyclic) bond motifs is 2. The predicted molar refractivity (Wildman–Crippen MR) is 132 cm³/mol. The molecule has 0 atom stereocenters. The Kier molecular flexibility index (Phi) is 4.71. The first-order valence-corrected chi connectivity index (χ1v) is 12.0. The fraction of sp³-hybridized carbons (Fsp3) is 0.0357. The normalized spacial score (nSPS) is 15.4. The van der Waals surface area contributed by atoms with Crippen LogP contribution in [0, 0.1) is 0 Å². The van der Waals surface area contributed by atoms with Crippen molar-refractivity contribution in [2.24, 2.45) is 0 Å². The number of ketones is 1. The zero-order valence-corrected chi connectivity index (χ0v) is 18.7. The summed E-state index contributed by atoms with van der Waals surface area (Å²) in [4.78, 5) is 15.5. The molecule has 0 radical (unpaired) electrons. The van der Waals surface area contributed by atoms with Gasteiger partial charge in [0, 0.05) is 32.1 Å². The fourth-order valence-electron chi connectivity index (χ4n) is 4.05. The van der Waals surface area contributed by atoms with Gasteiger partial charge in [-0.2, -0.15) is 0 Å². The van der Waals surface area contributed by atoms with Crippen molar-refractivity contribution in [1.82, 2.24) is 0 Å². The van der Waals surface area contributed by atoms with Crippen molar-refractivity contribution in [2.75, 3.05) is 0 Å². The van der Waals surface area contributed by atoms with Crippen molar-refractivity contribution in [3.05, 3.63) is 125 Å². The lowest BCUT2D eigenvalue weighted by Crippen LogP contribution is -2.30. The molecule has 0 amide bonds. The van der Waals surface area contributed by atoms with Crippen molar-refractivity contribution < 1.29 is 9.53 Å². The second-order valence-electron chi connectivity index (χ2n) is 7.68. The molecule has 0 unspecified atom stereocenters. The second kappa shape index (κ2) is 7.73. The van der Waals surface area contributed by atoms with Crippen molar-refractivity contribution >= 4 is 41.0 Å². The van der Waals surface area contributed by atoms with E-state index in [1.807, 2.05) is 66.7 Å². The van der Waals surface area contributed by atoms with Crippen LogP contribution in [0.2, 0.25) is 0 Å². The summed E-state index contributed by atoms with van der Waals surface area (Å²) in [5.41, 5.74) is 4.48. The number of carbonyl (C=O) groups excluding carboxylic acids is 1. The van der Waals surface area contributed by atoms with Gasteiger partial charge in [-0.25, -0.2) is 0 Å². The lowest BCUT2D eigenvalue weighted by Gasteiger charge is -2.35. The third kappa shape index (κ3) is 3.27. The number of ether oxygens (including phenoxy) is 1. The molecule has 1 spiro atoms. The molecule has 4 aromatic carbocycles.